The van der Waals surface area contributed by atoms with E-state index in [2.05, 4.69) is 15.6 Å². The number of benzene rings is 2. The highest BCUT2D eigenvalue weighted by molar-refractivity contribution is 6.12. The zero-order valence-electron chi connectivity index (χ0n) is 16.8. The van der Waals surface area contributed by atoms with Crippen LogP contribution in [-0.4, -0.2) is 41.3 Å². The Morgan fingerprint density at radius 2 is 1.70 bits per heavy atom. The average Bonchev–Trinajstić information content (AvgIpc) is 2.72. The molecule has 0 atom stereocenters. The first kappa shape index (κ1) is 21.2. The molecule has 0 aliphatic rings. The number of nitrogens with one attached hydrogen (secondary N) is 3. The Balaban J connectivity index is 1.79. The second-order valence-corrected chi connectivity index (χ2v) is 6.78. The molecule has 0 saturated heterocycles. The first-order valence-corrected chi connectivity index (χ1v) is 9.65. The number of fused-ring (bicyclic) bond motifs is 1. The van der Waals surface area contributed by atoms with E-state index in [0.717, 1.165) is 19.2 Å². The van der Waals surface area contributed by atoms with Crippen molar-refractivity contribution in [3.8, 4) is 0 Å². The first-order valence-electron chi connectivity index (χ1n) is 9.65. The molecule has 0 bridgehead atoms. The number of aromatic nitrogens is 1. The molecule has 1 aromatic heterocycles. The summed E-state index contributed by atoms with van der Waals surface area (Å²) in [4.78, 5) is 41.4. The van der Waals surface area contributed by atoms with Gasteiger partial charge in [0, 0.05) is 28.3 Å². The summed E-state index contributed by atoms with van der Waals surface area (Å²) in [6, 6.07) is 11.6. The van der Waals surface area contributed by atoms with Crippen LogP contribution in [0.2, 0.25) is 0 Å². The summed E-state index contributed by atoms with van der Waals surface area (Å²) in [5, 5.41) is 5.80. The van der Waals surface area contributed by atoms with Crippen molar-refractivity contribution in [2.45, 2.75) is 13.8 Å². The normalized spacial score (nSPS) is 10.9. The molecule has 8 heteroatoms. The minimum atomic E-state index is -0.552. The fourth-order valence-electron chi connectivity index (χ4n) is 3.14. The SMILES string of the molecule is CCN(CC)CC(=O)Nc1cccc(NC(=O)c2cc(=O)[nH]c3ccc(F)cc23)c1. The second-order valence-electron chi connectivity index (χ2n) is 6.78. The van der Waals surface area contributed by atoms with Gasteiger partial charge in [0.25, 0.3) is 5.91 Å². The number of aromatic amines is 1. The maximum Gasteiger partial charge on any atom is 0.256 e. The van der Waals surface area contributed by atoms with Crippen LogP contribution >= 0.6 is 0 Å². The number of halogens is 1. The van der Waals surface area contributed by atoms with E-state index in [9.17, 15) is 18.8 Å². The summed E-state index contributed by atoms with van der Waals surface area (Å²) in [6.07, 6.45) is 0. The lowest BCUT2D eigenvalue weighted by Crippen LogP contribution is -2.32. The molecule has 0 aliphatic carbocycles. The molecule has 0 radical (unpaired) electrons. The highest BCUT2D eigenvalue weighted by atomic mass is 19.1. The highest BCUT2D eigenvalue weighted by Gasteiger charge is 2.14. The number of rotatable bonds is 7. The van der Waals surface area contributed by atoms with Gasteiger partial charge in [0.2, 0.25) is 11.5 Å². The monoisotopic (exact) mass is 410 g/mol. The molecule has 0 saturated carbocycles. The predicted molar refractivity (Wildman–Crippen MR) is 115 cm³/mol. The van der Waals surface area contributed by atoms with Gasteiger partial charge < -0.3 is 15.6 Å². The highest BCUT2D eigenvalue weighted by Crippen LogP contribution is 2.20. The van der Waals surface area contributed by atoms with E-state index in [0.29, 0.717) is 22.3 Å². The van der Waals surface area contributed by atoms with E-state index in [1.165, 1.54) is 18.2 Å². The molecule has 3 aromatic rings. The summed E-state index contributed by atoms with van der Waals surface area (Å²) in [5.41, 5.74) is 0.935. The van der Waals surface area contributed by atoms with Crippen molar-refractivity contribution in [1.82, 2.24) is 9.88 Å². The number of anilines is 2. The number of hydrogen-bond acceptors (Lipinski definition) is 4. The Labute approximate surface area is 172 Å². The van der Waals surface area contributed by atoms with E-state index < -0.39 is 17.3 Å². The van der Waals surface area contributed by atoms with Crippen LogP contribution in [0.15, 0.2) is 53.3 Å². The first-order chi connectivity index (χ1) is 14.4. The van der Waals surface area contributed by atoms with E-state index in [4.69, 9.17) is 0 Å². The molecular formula is C22H23FN4O3. The fourth-order valence-corrected chi connectivity index (χ4v) is 3.14. The number of pyridine rings is 1. The van der Waals surface area contributed by atoms with Crippen molar-refractivity contribution < 1.29 is 14.0 Å². The van der Waals surface area contributed by atoms with Crippen molar-refractivity contribution in [3.05, 3.63) is 70.3 Å². The maximum absolute atomic E-state index is 13.7. The van der Waals surface area contributed by atoms with Gasteiger partial charge in [-0.2, -0.15) is 0 Å². The lowest BCUT2D eigenvalue weighted by Gasteiger charge is -2.17. The molecule has 0 fully saturated rings. The average molecular weight is 410 g/mol. The molecule has 0 spiro atoms. The fraction of sp³-hybridized carbons (Fsp3) is 0.227. The number of carbonyl (C=O) groups is 2. The van der Waals surface area contributed by atoms with Crippen LogP contribution in [0.25, 0.3) is 10.9 Å². The Kier molecular flexibility index (Phi) is 6.58. The standard InChI is InChI=1S/C22H23FN4O3/c1-3-27(4-2)13-21(29)24-15-6-5-7-16(11-15)25-22(30)18-12-20(28)26-19-9-8-14(23)10-17(18)19/h5-12H,3-4,13H2,1-2H3,(H,24,29)(H,25,30)(H,26,28). The summed E-state index contributed by atoms with van der Waals surface area (Å²) >= 11 is 0. The molecule has 2 amide bonds. The molecule has 0 aliphatic heterocycles. The van der Waals surface area contributed by atoms with Crippen molar-refractivity contribution in [2.24, 2.45) is 0 Å². The van der Waals surface area contributed by atoms with Crippen molar-refractivity contribution in [2.75, 3.05) is 30.3 Å². The lowest BCUT2D eigenvalue weighted by molar-refractivity contribution is -0.117. The topological polar surface area (TPSA) is 94.3 Å². The predicted octanol–water partition coefficient (Wildman–Crippen LogP) is 3.20. The van der Waals surface area contributed by atoms with Crippen LogP contribution in [0.5, 0.6) is 0 Å². The number of H-pyrrole nitrogens is 1. The van der Waals surface area contributed by atoms with Gasteiger partial charge in [-0.1, -0.05) is 19.9 Å². The van der Waals surface area contributed by atoms with Gasteiger partial charge in [-0.25, -0.2) is 4.39 Å². The van der Waals surface area contributed by atoms with Gasteiger partial charge in [-0.15, -0.1) is 0 Å². The summed E-state index contributed by atoms with van der Waals surface area (Å²) in [6.45, 7) is 5.78. The van der Waals surface area contributed by atoms with E-state index in [1.807, 2.05) is 18.7 Å². The quantitative estimate of drug-likeness (QED) is 0.558. The smallest absolute Gasteiger partial charge is 0.256 e. The Bertz CT molecular complexity index is 1140. The van der Waals surface area contributed by atoms with Crippen LogP contribution in [0.4, 0.5) is 15.8 Å². The van der Waals surface area contributed by atoms with Crippen LogP contribution in [0, 0.1) is 5.82 Å². The van der Waals surface area contributed by atoms with Crippen molar-refractivity contribution >= 4 is 34.1 Å². The van der Waals surface area contributed by atoms with E-state index in [-0.39, 0.29) is 18.0 Å². The third-order valence-electron chi connectivity index (χ3n) is 4.72. The number of carbonyl (C=O) groups excluding carboxylic acids is 2. The van der Waals surface area contributed by atoms with E-state index in [1.54, 1.807) is 24.3 Å². The number of nitrogens with zero attached hydrogens (tertiary/aromatic N) is 1. The largest absolute Gasteiger partial charge is 0.325 e. The zero-order chi connectivity index (χ0) is 21.7. The summed E-state index contributed by atoms with van der Waals surface area (Å²) < 4.78 is 13.7. The Morgan fingerprint density at radius 1 is 1.00 bits per heavy atom. The van der Waals surface area contributed by atoms with Crippen LogP contribution in [-0.2, 0) is 4.79 Å². The second kappa shape index (κ2) is 9.32. The van der Waals surface area contributed by atoms with Crippen LogP contribution in [0.3, 0.4) is 0 Å². The molecular weight excluding hydrogens is 387 g/mol. The van der Waals surface area contributed by atoms with Crippen molar-refractivity contribution in [3.63, 3.8) is 0 Å². The molecule has 3 rings (SSSR count). The third-order valence-corrected chi connectivity index (χ3v) is 4.72. The molecule has 7 nitrogen and oxygen atoms in total. The number of amides is 2. The zero-order valence-corrected chi connectivity index (χ0v) is 16.8. The maximum atomic E-state index is 13.7. The number of likely N-dealkylation sites (N-methyl/N-ethyl adjacent to an activating group) is 1. The molecule has 2 aromatic carbocycles. The van der Waals surface area contributed by atoms with Gasteiger partial charge in [0.05, 0.1) is 12.1 Å². The Hall–Kier alpha value is -3.52. The van der Waals surface area contributed by atoms with Crippen LogP contribution < -0.4 is 16.2 Å². The molecule has 0 unspecified atom stereocenters. The minimum absolute atomic E-state index is 0.0595. The van der Waals surface area contributed by atoms with Gasteiger partial charge in [0.15, 0.2) is 0 Å². The Morgan fingerprint density at radius 3 is 2.40 bits per heavy atom. The minimum Gasteiger partial charge on any atom is -0.325 e. The van der Waals surface area contributed by atoms with Gasteiger partial charge in [-0.3, -0.25) is 19.3 Å². The molecule has 3 N–H and O–H groups in total. The van der Waals surface area contributed by atoms with Crippen molar-refractivity contribution in [1.29, 1.82) is 0 Å². The van der Waals surface area contributed by atoms with Gasteiger partial charge >= 0.3 is 0 Å². The summed E-state index contributed by atoms with van der Waals surface area (Å²) in [5.74, 6) is -1.22. The molecule has 1 heterocycles. The van der Waals surface area contributed by atoms with Crippen LogP contribution in [0.1, 0.15) is 24.2 Å². The lowest BCUT2D eigenvalue weighted by atomic mass is 10.1. The van der Waals surface area contributed by atoms with E-state index >= 15 is 0 Å². The summed E-state index contributed by atoms with van der Waals surface area (Å²) in [7, 11) is 0. The number of hydrogen-bond donors (Lipinski definition) is 3. The molecule has 30 heavy (non-hydrogen) atoms. The van der Waals surface area contributed by atoms with Gasteiger partial charge in [0.1, 0.15) is 5.82 Å². The molecule has 156 valence electrons. The van der Waals surface area contributed by atoms with Gasteiger partial charge in [-0.05, 0) is 49.5 Å². The third kappa shape index (κ3) is 5.09.